The number of aliphatic carboxylic acids is 1. The molecule has 0 fully saturated rings. The van der Waals surface area contributed by atoms with Gasteiger partial charge < -0.3 is 19.4 Å². The van der Waals surface area contributed by atoms with Crippen LogP contribution in [0.1, 0.15) is 39.4 Å². The van der Waals surface area contributed by atoms with Gasteiger partial charge in [0.2, 0.25) is 0 Å². The lowest BCUT2D eigenvalue weighted by Crippen LogP contribution is -3.11. The average molecular weight is 300 g/mol. The van der Waals surface area contributed by atoms with Crippen LogP contribution in [-0.4, -0.2) is 46.1 Å². The molecule has 0 saturated carbocycles. The standard InChI is InChI=1S/C13H24N4O2S/c1-5-16(6-2)7-8-17-12(10(3)4)14-15-13(17)20-9-11(18)19/h10H,5-9H2,1-4H3,(H,18,19). The highest BCUT2D eigenvalue weighted by Crippen LogP contribution is 2.20. The van der Waals surface area contributed by atoms with Gasteiger partial charge in [-0.25, -0.2) is 0 Å². The number of carboxylic acids is 1. The largest absolute Gasteiger partial charge is 0.549 e. The van der Waals surface area contributed by atoms with Gasteiger partial charge in [-0.3, -0.25) is 0 Å². The molecule has 1 aromatic heterocycles. The quantitative estimate of drug-likeness (QED) is 0.602. The Kier molecular flexibility index (Phi) is 7.01. The summed E-state index contributed by atoms with van der Waals surface area (Å²) >= 11 is 1.18. The maximum absolute atomic E-state index is 10.6. The minimum Gasteiger partial charge on any atom is -0.549 e. The van der Waals surface area contributed by atoms with E-state index < -0.39 is 5.97 Å². The number of hydrogen-bond acceptors (Lipinski definition) is 5. The summed E-state index contributed by atoms with van der Waals surface area (Å²) in [6.45, 7) is 12.4. The van der Waals surface area contributed by atoms with Gasteiger partial charge in [0.05, 0.1) is 32.1 Å². The number of carbonyl (C=O) groups is 1. The second-order valence-electron chi connectivity index (χ2n) is 5.01. The maximum atomic E-state index is 10.6. The van der Waals surface area contributed by atoms with Crippen LogP contribution in [0.25, 0.3) is 0 Å². The molecule has 1 aromatic rings. The molecule has 6 nitrogen and oxygen atoms in total. The Bertz CT molecular complexity index is 430. The third-order valence-corrected chi connectivity index (χ3v) is 4.21. The van der Waals surface area contributed by atoms with Crippen molar-refractivity contribution in [2.24, 2.45) is 0 Å². The van der Waals surface area contributed by atoms with E-state index in [4.69, 9.17) is 0 Å². The Morgan fingerprint density at radius 3 is 2.50 bits per heavy atom. The lowest BCUT2D eigenvalue weighted by molar-refractivity contribution is -0.897. The zero-order valence-corrected chi connectivity index (χ0v) is 13.5. The fraction of sp³-hybridized carbons (Fsp3) is 0.769. The second-order valence-corrected chi connectivity index (χ2v) is 5.96. The van der Waals surface area contributed by atoms with Crippen LogP contribution in [-0.2, 0) is 11.3 Å². The molecule has 0 amide bonds. The Labute approximate surface area is 124 Å². The summed E-state index contributed by atoms with van der Waals surface area (Å²) in [4.78, 5) is 12.1. The number of rotatable bonds is 9. The normalized spacial score (nSPS) is 11.5. The molecule has 1 heterocycles. The van der Waals surface area contributed by atoms with Crippen LogP contribution in [0.2, 0.25) is 0 Å². The molecule has 0 aliphatic heterocycles. The molecule has 0 bridgehead atoms. The van der Waals surface area contributed by atoms with Crippen molar-refractivity contribution in [3.05, 3.63) is 5.82 Å². The van der Waals surface area contributed by atoms with E-state index in [9.17, 15) is 9.90 Å². The summed E-state index contributed by atoms with van der Waals surface area (Å²) in [5.74, 6) is 0.0166. The number of quaternary nitrogens is 1. The number of nitrogens with one attached hydrogen (secondary N) is 1. The van der Waals surface area contributed by atoms with Crippen LogP contribution in [0.5, 0.6) is 0 Å². The SMILES string of the molecule is CC[NH+](CC)CCn1c(SCC(=O)[O-])nnc1C(C)C. The first-order valence-corrected chi connectivity index (χ1v) is 8.07. The molecular weight excluding hydrogens is 276 g/mol. The molecule has 0 aliphatic carbocycles. The second kappa shape index (κ2) is 8.26. The van der Waals surface area contributed by atoms with Gasteiger partial charge in [-0.15, -0.1) is 10.2 Å². The molecule has 7 heteroatoms. The summed E-state index contributed by atoms with van der Waals surface area (Å²) in [5.41, 5.74) is 0. The highest BCUT2D eigenvalue weighted by Gasteiger charge is 2.16. The fourth-order valence-electron chi connectivity index (χ4n) is 2.04. The van der Waals surface area contributed by atoms with Crippen molar-refractivity contribution in [2.75, 3.05) is 25.4 Å². The van der Waals surface area contributed by atoms with Crippen molar-refractivity contribution in [3.63, 3.8) is 0 Å². The number of carboxylic acid groups (broad SMARTS) is 1. The highest BCUT2D eigenvalue weighted by atomic mass is 32.2. The number of likely N-dealkylation sites (N-methyl/N-ethyl adjacent to an activating group) is 1. The molecule has 0 spiro atoms. The fourth-order valence-corrected chi connectivity index (χ4v) is 2.73. The van der Waals surface area contributed by atoms with Gasteiger partial charge in [-0.2, -0.15) is 0 Å². The first-order valence-electron chi connectivity index (χ1n) is 7.08. The smallest absolute Gasteiger partial charge is 0.191 e. The summed E-state index contributed by atoms with van der Waals surface area (Å²) < 4.78 is 2.05. The van der Waals surface area contributed by atoms with Gasteiger partial charge in [0.15, 0.2) is 5.16 Å². The van der Waals surface area contributed by atoms with Crippen molar-refractivity contribution >= 4 is 17.7 Å². The van der Waals surface area contributed by atoms with Crippen LogP contribution >= 0.6 is 11.8 Å². The summed E-state index contributed by atoms with van der Waals surface area (Å²) in [5, 5.41) is 19.6. The summed E-state index contributed by atoms with van der Waals surface area (Å²) in [6, 6.07) is 0. The van der Waals surface area contributed by atoms with Crippen LogP contribution in [0.15, 0.2) is 5.16 Å². The van der Waals surface area contributed by atoms with Gasteiger partial charge in [0.1, 0.15) is 5.82 Å². The van der Waals surface area contributed by atoms with E-state index in [1.807, 2.05) is 4.57 Å². The Morgan fingerprint density at radius 2 is 2.00 bits per heavy atom. The van der Waals surface area contributed by atoms with Crippen LogP contribution in [0.3, 0.4) is 0 Å². The van der Waals surface area contributed by atoms with Gasteiger partial charge in [0.25, 0.3) is 0 Å². The minimum atomic E-state index is -1.08. The Balaban J connectivity index is 2.82. The monoisotopic (exact) mass is 300 g/mol. The van der Waals surface area contributed by atoms with E-state index in [1.165, 1.54) is 16.7 Å². The molecule has 0 aliphatic rings. The van der Waals surface area contributed by atoms with Crippen molar-refractivity contribution in [1.82, 2.24) is 14.8 Å². The molecule has 1 rings (SSSR count). The van der Waals surface area contributed by atoms with Crippen molar-refractivity contribution in [3.8, 4) is 0 Å². The van der Waals surface area contributed by atoms with E-state index >= 15 is 0 Å². The zero-order chi connectivity index (χ0) is 15.1. The third kappa shape index (κ3) is 4.79. The molecule has 114 valence electrons. The van der Waals surface area contributed by atoms with E-state index in [2.05, 4.69) is 37.9 Å². The van der Waals surface area contributed by atoms with Gasteiger partial charge in [0, 0.05) is 11.7 Å². The summed E-state index contributed by atoms with van der Waals surface area (Å²) in [6.07, 6.45) is 0. The van der Waals surface area contributed by atoms with Crippen molar-refractivity contribution < 1.29 is 14.8 Å². The number of nitrogens with zero attached hydrogens (tertiary/aromatic N) is 3. The van der Waals surface area contributed by atoms with Crippen LogP contribution < -0.4 is 10.0 Å². The number of hydrogen-bond donors (Lipinski definition) is 1. The molecule has 0 saturated heterocycles. The average Bonchev–Trinajstić information content (AvgIpc) is 2.80. The first kappa shape index (κ1) is 17.0. The molecule has 0 atom stereocenters. The van der Waals surface area contributed by atoms with Gasteiger partial charge in [-0.05, 0) is 13.8 Å². The summed E-state index contributed by atoms with van der Waals surface area (Å²) in [7, 11) is 0. The molecule has 0 unspecified atom stereocenters. The van der Waals surface area contributed by atoms with E-state index in [0.717, 1.165) is 32.0 Å². The number of thioether (sulfide) groups is 1. The predicted octanol–water partition coefficient (Wildman–Crippen LogP) is -0.832. The minimum absolute atomic E-state index is 0.0889. The van der Waals surface area contributed by atoms with Crippen molar-refractivity contribution in [2.45, 2.75) is 45.3 Å². The number of carbonyl (C=O) groups excluding carboxylic acids is 1. The van der Waals surface area contributed by atoms with E-state index in [-0.39, 0.29) is 11.7 Å². The topological polar surface area (TPSA) is 75.3 Å². The van der Waals surface area contributed by atoms with Gasteiger partial charge >= 0.3 is 0 Å². The Morgan fingerprint density at radius 1 is 1.35 bits per heavy atom. The third-order valence-electron chi connectivity index (χ3n) is 3.27. The predicted molar refractivity (Wildman–Crippen MR) is 76.8 cm³/mol. The molecule has 0 radical (unpaired) electrons. The molecule has 20 heavy (non-hydrogen) atoms. The first-order chi connectivity index (χ1) is 9.49. The maximum Gasteiger partial charge on any atom is 0.191 e. The van der Waals surface area contributed by atoms with E-state index in [0.29, 0.717) is 5.16 Å². The highest BCUT2D eigenvalue weighted by molar-refractivity contribution is 7.99. The molecular formula is C13H24N4O2S. The lowest BCUT2D eigenvalue weighted by Gasteiger charge is -2.18. The van der Waals surface area contributed by atoms with Gasteiger partial charge in [-0.1, -0.05) is 25.6 Å². The lowest BCUT2D eigenvalue weighted by atomic mass is 10.2. The van der Waals surface area contributed by atoms with Crippen molar-refractivity contribution in [1.29, 1.82) is 0 Å². The van der Waals surface area contributed by atoms with Crippen LogP contribution in [0.4, 0.5) is 0 Å². The van der Waals surface area contributed by atoms with Crippen LogP contribution in [0, 0.1) is 0 Å². The molecule has 1 N–H and O–H groups in total. The van der Waals surface area contributed by atoms with E-state index in [1.54, 1.807) is 0 Å². The zero-order valence-electron chi connectivity index (χ0n) is 12.7. The molecule has 0 aromatic carbocycles. The Hall–Kier alpha value is -1.08. The number of aromatic nitrogens is 3.